The van der Waals surface area contributed by atoms with Crippen molar-refractivity contribution in [3.63, 3.8) is 0 Å². The SMILES string of the molecule is O=C(c1ccoc1)N1CCOC(CN2CCN(c3ccccc3)CC2)C1. The summed E-state index contributed by atoms with van der Waals surface area (Å²) in [4.78, 5) is 19.2. The van der Waals surface area contributed by atoms with Gasteiger partial charge in [-0.2, -0.15) is 0 Å². The van der Waals surface area contributed by atoms with Crippen LogP contribution in [0.4, 0.5) is 5.69 Å². The highest BCUT2D eigenvalue weighted by Crippen LogP contribution is 2.17. The van der Waals surface area contributed by atoms with Crippen molar-refractivity contribution in [3.8, 4) is 0 Å². The summed E-state index contributed by atoms with van der Waals surface area (Å²) in [5.74, 6) is 0.0287. The Hall–Kier alpha value is -2.31. The summed E-state index contributed by atoms with van der Waals surface area (Å²) in [6, 6.07) is 12.3. The molecule has 0 bridgehead atoms. The molecule has 0 spiro atoms. The number of hydrogen-bond acceptors (Lipinski definition) is 5. The molecule has 6 heteroatoms. The van der Waals surface area contributed by atoms with Crippen molar-refractivity contribution in [1.82, 2.24) is 9.80 Å². The quantitative estimate of drug-likeness (QED) is 0.839. The molecule has 26 heavy (non-hydrogen) atoms. The molecule has 1 aromatic carbocycles. The monoisotopic (exact) mass is 355 g/mol. The number of piperazine rings is 1. The minimum absolute atomic E-state index is 0.0287. The number of morpholine rings is 1. The van der Waals surface area contributed by atoms with E-state index in [0.717, 1.165) is 32.7 Å². The summed E-state index contributed by atoms with van der Waals surface area (Å²) in [5.41, 5.74) is 1.90. The third kappa shape index (κ3) is 3.92. The van der Waals surface area contributed by atoms with Gasteiger partial charge >= 0.3 is 0 Å². The molecule has 2 aliphatic heterocycles. The topological polar surface area (TPSA) is 49.2 Å². The van der Waals surface area contributed by atoms with Crippen LogP contribution in [0.1, 0.15) is 10.4 Å². The van der Waals surface area contributed by atoms with Gasteiger partial charge in [0.25, 0.3) is 5.91 Å². The first kappa shape index (κ1) is 17.1. The number of amides is 1. The fraction of sp³-hybridized carbons (Fsp3) is 0.450. The Labute approximate surface area is 153 Å². The molecule has 1 amide bonds. The second-order valence-electron chi connectivity index (χ2n) is 6.88. The van der Waals surface area contributed by atoms with Gasteiger partial charge in [0, 0.05) is 51.5 Å². The van der Waals surface area contributed by atoms with Crippen LogP contribution in [-0.2, 0) is 4.74 Å². The Kier molecular flexibility index (Phi) is 5.22. The largest absolute Gasteiger partial charge is 0.472 e. The van der Waals surface area contributed by atoms with Gasteiger partial charge in [-0.25, -0.2) is 0 Å². The zero-order valence-corrected chi connectivity index (χ0v) is 14.9. The fourth-order valence-corrected chi connectivity index (χ4v) is 3.70. The number of para-hydroxylation sites is 1. The van der Waals surface area contributed by atoms with Crippen LogP contribution in [0.5, 0.6) is 0 Å². The standard InChI is InChI=1S/C20H25N3O3/c24-20(17-6-12-25-16-17)23-11-13-26-19(15-23)14-21-7-9-22(10-8-21)18-4-2-1-3-5-18/h1-6,12,16,19H,7-11,13-15H2. The van der Waals surface area contributed by atoms with E-state index in [2.05, 4.69) is 40.1 Å². The van der Waals surface area contributed by atoms with Crippen molar-refractivity contribution in [1.29, 1.82) is 0 Å². The lowest BCUT2D eigenvalue weighted by Gasteiger charge is -2.39. The van der Waals surface area contributed by atoms with E-state index in [9.17, 15) is 4.79 Å². The zero-order chi connectivity index (χ0) is 17.8. The lowest BCUT2D eigenvalue weighted by molar-refractivity contribution is -0.0363. The maximum absolute atomic E-state index is 12.5. The van der Waals surface area contributed by atoms with Crippen LogP contribution in [0.25, 0.3) is 0 Å². The van der Waals surface area contributed by atoms with Crippen molar-refractivity contribution in [2.75, 3.05) is 57.3 Å². The summed E-state index contributed by atoms with van der Waals surface area (Å²) in [7, 11) is 0. The molecule has 138 valence electrons. The highest BCUT2D eigenvalue weighted by atomic mass is 16.5. The molecule has 0 radical (unpaired) electrons. The summed E-state index contributed by atoms with van der Waals surface area (Å²) < 4.78 is 10.9. The van der Waals surface area contributed by atoms with Gasteiger partial charge in [-0.05, 0) is 18.2 Å². The van der Waals surface area contributed by atoms with Crippen LogP contribution < -0.4 is 4.90 Å². The van der Waals surface area contributed by atoms with Crippen LogP contribution >= 0.6 is 0 Å². The average Bonchev–Trinajstić information content (AvgIpc) is 3.24. The van der Waals surface area contributed by atoms with Crippen molar-refractivity contribution >= 4 is 11.6 Å². The number of benzene rings is 1. The molecule has 1 aromatic heterocycles. The van der Waals surface area contributed by atoms with E-state index >= 15 is 0 Å². The van der Waals surface area contributed by atoms with Crippen molar-refractivity contribution in [3.05, 3.63) is 54.5 Å². The predicted molar refractivity (Wildman–Crippen MR) is 99.4 cm³/mol. The molecule has 2 aliphatic rings. The Morgan fingerprint density at radius 2 is 1.85 bits per heavy atom. The van der Waals surface area contributed by atoms with Crippen molar-refractivity contribution < 1.29 is 13.9 Å². The molecule has 2 aromatic rings. The van der Waals surface area contributed by atoms with Crippen LogP contribution in [-0.4, -0.2) is 74.2 Å². The van der Waals surface area contributed by atoms with Gasteiger partial charge in [0.2, 0.25) is 0 Å². The number of anilines is 1. The summed E-state index contributed by atoms with van der Waals surface area (Å²) in [6.07, 6.45) is 3.12. The summed E-state index contributed by atoms with van der Waals surface area (Å²) in [5, 5.41) is 0. The number of carbonyl (C=O) groups excluding carboxylic acids is 1. The van der Waals surface area contributed by atoms with E-state index in [4.69, 9.17) is 9.15 Å². The van der Waals surface area contributed by atoms with Gasteiger partial charge in [0.1, 0.15) is 6.26 Å². The van der Waals surface area contributed by atoms with Crippen molar-refractivity contribution in [2.45, 2.75) is 6.10 Å². The Bertz CT molecular complexity index is 696. The molecule has 0 aliphatic carbocycles. The average molecular weight is 355 g/mol. The lowest BCUT2D eigenvalue weighted by atomic mass is 10.2. The number of ether oxygens (including phenoxy) is 1. The molecule has 6 nitrogen and oxygen atoms in total. The van der Waals surface area contributed by atoms with Gasteiger partial charge in [-0.1, -0.05) is 18.2 Å². The summed E-state index contributed by atoms with van der Waals surface area (Å²) >= 11 is 0. The first-order chi connectivity index (χ1) is 12.8. The van der Waals surface area contributed by atoms with Crippen molar-refractivity contribution in [2.24, 2.45) is 0 Å². The van der Waals surface area contributed by atoms with Crippen LogP contribution in [0, 0.1) is 0 Å². The Morgan fingerprint density at radius 3 is 2.58 bits per heavy atom. The van der Waals surface area contributed by atoms with Gasteiger partial charge in [0.05, 0.1) is 24.5 Å². The molecule has 0 saturated carbocycles. The molecule has 1 atom stereocenters. The second-order valence-corrected chi connectivity index (χ2v) is 6.88. The number of nitrogens with zero attached hydrogens (tertiary/aromatic N) is 3. The molecule has 2 saturated heterocycles. The molecular formula is C20H25N3O3. The number of rotatable bonds is 4. The third-order valence-electron chi connectivity index (χ3n) is 5.15. The maximum atomic E-state index is 12.5. The zero-order valence-electron chi connectivity index (χ0n) is 14.9. The Morgan fingerprint density at radius 1 is 1.04 bits per heavy atom. The fourth-order valence-electron chi connectivity index (χ4n) is 3.70. The lowest BCUT2D eigenvalue weighted by Crippen LogP contribution is -2.53. The van der Waals surface area contributed by atoms with E-state index < -0.39 is 0 Å². The van der Waals surface area contributed by atoms with E-state index in [1.54, 1.807) is 6.07 Å². The highest BCUT2D eigenvalue weighted by molar-refractivity contribution is 5.93. The number of hydrogen-bond donors (Lipinski definition) is 0. The second kappa shape index (κ2) is 7.93. The molecule has 3 heterocycles. The third-order valence-corrected chi connectivity index (χ3v) is 5.15. The number of furan rings is 1. The predicted octanol–water partition coefficient (Wildman–Crippen LogP) is 1.94. The first-order valence-corrected chi connectivity index (χ1v) is 9.25. The van der Waals surface area contributed by atoms with Gasteiger partial charge in [-0.15, -0.1) is 0 Å². The van der Waals surface area contributed by atoms with E-state index in [0.29, 0.717) is 25.3 Å². The molecule has 4 rings (SSSR count). The normalized spacial score (nSPS) is 21.8. The van der Waals surface area contributed by atoms with E-state index in [1.165, 1.54) is 18.2 Å². The van der Waals surface area contributed by atoms with Gasteiger partial charge in [-0.3, -0.25) is 9.69 Å². The molecule has 2 fully saturated rings. The van der Waals surface area contributed by atoms with Crippen LogP contribution in [0.3, 0.4) is 0 Å². The minimum atomic E-state index is 0.0287. The van der Waals surface area contributed by atoms with Crippen LogP contribution in [0.15, 0.2) is 53.3 Å². The summed E-state index contributed by atoms with van der Waals surface area (Å²) in [6.45, 7) is 6.83. The molecular weight excluding hydrogens is 330 g/mol. The molecule has 1 unspecified atom stereocenters. The smallest absolute Gasteiger partial charge is 0.257 e. The Balaban J connectivity index is 1.27. The minimum Gasteiger partial charge on any atom is -0.472 e. The number of carbonyl (C=O) groups is 1. The van der Waals surface area contributed by atoms with E-state index in [1.807, 2.05) is 4.90 Å². The molecule has 0 N–H and O–H groups in total. The van der Waals surface area contributed by atoms with Crippen LogP contribution in [0.2, 0.25) is 0 Å². The maximum Gasteiger partial charge on any atom is 0.257 e. The van der Waals surface area contributed by atoms with E-state index in [-0.39, 0.29) is 12.0 Å². The highest BCUT2D eigenvalue weighted by Gasteiger charge is 2.28. The van der Waals surface area contributed by atoms with Gasteiger partial charge < -0.3 is 19.0 Å². The first-order valence-electron chi connectivity index (χ1n) is 9.25. The van der Waals surface area contributed by atoms with Gasteiger partial charge in [0.15, 0.2) is 0 Å².